The van der Waals surface area contributed by atoms with E-state index >= 15 is 0 Å². The summed E-state index contributed by atoms with van der Waals surface area (Å²) in [6, 6.07) is 19.0. The average molecular weight is 476 g/mol. The molecule has 1 aliphatic heterocycles. The van der Waals surface area contributed by atoms with Crippen LogP contribution >= 0.6 is 11.6 Å². The molecule has 1 aliphatic rings. The SMILES string of the molecule is COc1ccc(NC(=O)c2ccc(NC3=C(Cl)C(=O)N(c4cc(C)ccc4C)C3=O)cc2)cc1. The number of carbonyl (C=O) groups is 3. The fourth-order valence-corrected chi connectivity index (χ4v) is 3.73. The maximum atomic E-state index is 13.0. The van der Waals surface area contributed by atoms with Crippen LogP contribution in [-0.2, 0) is 9.59 Å². The predicted molar refractivity (Wildman–Crippen MR) is 132 cm³/mol. The van der Waals surface area contributed by atoms with E-state index in [1.807, 2.05) is 26.0 Å². The molecule has 0 bridgehead atoms. The van der Waals surface area contributed by atoms with E-state index in [2.05, 4.69) is 10.6 Å². The molecule has 34 heavy (non-hydrogen) atoms. The minimum atomic E-state index is -0.585. The summed E-state index contributed by atoms with van der Waals surface area (Å²) in [5.41, 5.74) is 3.75. The molecule has 0 aromatic heterocycles. The molecular formula is C26H22ClN3O4. The fraction of sp³-hybridized carbons (Fsp3) is 0.115. The number of ether oxygens (including phenoxy) is 1. The number of aryl methyl sites for hydroxylation is 2. The van der Waals surface area contributed by atoms with Gasteiger partial charge in [-0.05, 0) is 79.6 Å². The second kappa shape index (κ2) is 9.41. The molecule has 2 N–H and O–H groups in total. The Labute approximate surface area is 202 Å². The van der Waals surface area contributed by atoms with Crippen LogP contribution in [0.2, 0.25) is 0 Å². The van der Waals surface area contributed by atoms with Crippen LogP contribution in [0.5, 0.6) is 5.75 Å². The summed E-state index contributed by atoms with van der Waals surface area (Å²) in [6.45, 7) is 3.71. The molecule has 0 radical (unpaired) electrons. The highest BCUT2D eigenvalue weighted by Crippen LogP contribution is 2.32. The fourth-order valence-electron chi connectivity index (χ4n) is 3.52. The molecule has 8 heteroatoms. The molecule has 3 amide bonds. The van der Waals surface area contributed by atoms with E-state index in [9.17, 15) is 14.4 Å². The van der Waals surface area contributed by atoms with Gasteiger partial charge in [-0.15, -0.1) is 0 Å². The van der Waals surface area contributed by atoms with E-state index < -0.39 is 11.8 Å². The Morgan fingerprint density at radius 1 is 0.882 bits per heavy atom. The van der Waals surface area contributed by atoms with Gasteiger partial charge in [-0.25, -0.2) is 4.90 Å². The number of halogens is 1. The molecule has 0 fully saturated rings. The van der Waals surface area contributed by atoms with Gasteiger partial charge in [0.1, 0.15) is 16.5 Å². The molecule has 0 spiro atoms. The second-order valence-corrected chi connectivity index (χ2v) is 8.19. The molecular weight excluding hydrogens is 454 g/mol. The number of amides is 3. The summed E-state index contributed by atoms with van der Waals surface area (Å²) in [5, 5.41) is 5.54. The Morgan fingerprint density at radius 2 is 1.53 bits per heavy atom. The molecule has 172 valence electrons. The van der Waals surface area contributed by atoms with Crippen molar-refractivity contribution in [3.63, 3.8) is 0 Å². The smallest absolute Gasteiger partial charge is 0.283 e. The van der Waals surface area contributed by atoms with Crippen LogP contribution in [0.1, 0.15) is 21.5 Å². The summed E-state index contributed by atoms with van der Waals surface area (Å²) >= 11 is 6.24. The Balaban J connectivity index is 1.48. The topological polar surface area (TPSA) is 87.7 Å². The highest BCUT2D eigenvalue weighted by molar-refractivity contribution is 6.53. The van der Waals surface area contributed by atoms with Gasteiger partial charge in [0.15, 0.2) is 0 Å². The molecule has 4 rings (SSSR count). The summed E-state index contributed by atoms with van der Waals surface area (Å²) in [4.78, 5) is 39.4. The summed E-state index contributed by atoms with van der Waals surface area (Å²) < 4.78 is 5.11. The minimum absolute atomic E-state index is 0.0111. The van der Waals surface area contributed by atoms with Crippen LogP contribution in [0.3, 0.4) is 0 Å². The number of methoxy groups -OCH3 is 1. The molecule has 0 atom stereocenters. The normalized spacial score (nSPS) is 13.4. The standard InChI is InChI=1S/C26H22ClN3O4/c1-15-4-5-16(2)21(14-15)30-25(32)22(27)23(26(30)33)28-18-8-6-17(7-9-18)24(31)29-19-10-12-20(34-3)13-11-19/h4-14,28H,1-3H3,(H,29,31). The summed E-state index contributed by atoms with van der Waals surface area (Å²) in [7, 11) is 1.57. The van der Waals surface area contributed by atoms with Crippen LogP contribution in [0.25, 0.3) is 0 Å². The molecule has 0 unspecified atom stereocenters. The van der Waals surface area contributed by atoms with Gasteiger partial charge in [0.2, 0.25) is 0 Å². The van der Waals surface area contributed by atoms with E-state index in [0.29, 0.717) is 28.4 Å². The lowest BCUT2D eigenvalue weighted by atomic mass is 10.1. The Hall–Kier alpha value is -4.10. The van der Waals surface area contributed by atoms with Crippen molar-refractivity contribution in [1.29, 1.82) is 0 Å². The molecule has 0 aliphatic carbocycles. The molecule has 1 heterocycles. The first kappa shape index (κ1) is 23.1. The number of imide groups is 1. The monoisotopic (exact) mass is 475 g/mol. The van der Waals surface area contributed by atoms with Crippen LogP contribution in [0.15, 0.2) is 77.5 Å². The van der Waals surface area contributed by atoms with Gasteiger partial charge in [-0.3, -0.25) is 14.4 Å². The molecule has 3 aromatic carbocycles. The number of carbonyl (C=O) groups excluding carboxylic acids is 3. The number of hydrogen-bond donors (Lipinski definition) is 2. The van der Waals surface area contributed by atoms with E-state index in [1.54, 1.807) is 61.7 Å². The van der Waals surface area contributed by atoms with E-state index in [0.717, 1.165) is 16.0 Å². The highest BCUT2D eigenvalue weighted by atomic mass is 35.5. The third-order valence-corrected chi connectivity index (χ3v) is 5.75. The quantitative estimate of drug-likeness (QED) is 0.490. The zero-order valence-electron chi connectivity index (χ0n) is 18.8. The van der Waals surface area contributed by atoms with Crippen molar-refractivity contribution in [2.24, 2.45) is 0 Å². The molecule has 0 saturated heterocycles. The van der Waals surface area contributed by atoms with Gasteiger partial charge >= 0.3 is 0 Å². The Bertz CT molecular complexity index is 1310. The summed E-state index contributed by atoms with van der Waals surface area (Å²) in [6.07, 6.45) is 0. The lowest BCUT2D eigenvalue weighted by Crippen LogP contribution is -2.32. The first-order valence-corrected chi connectivity index (χ1v) is 10.8. The first-order valence-electron chi connectivity index (χ1n) is 10.5. The number of nitrogens with one attached hydrogen (secondary N) is 2. The van der Waals surface area contributed by atoms with Gasteiger partial charge in [0.25, 0.3) is 17.7 Å². The number of rotatable bonds is 6. The van der Waals surface area contributed by atoms with Gasteiger partial charge in [-0.2, -0.15) is 0 Å². The first-order chi connectivity index (χ1) is 16.3. The van der Waals surface area contributed by atoms with Gasteiger partial charge in [0.05, 0.1) is 12.8 Å². The average Bonchev–Trinajstić information content (AvgIpc) is 3.04. The molecule has 0 saturated carbocycles. The number of nitrogens with zero attached hydrogens (tertiary/aromatic N) is 1. The predicted octanol–water partition coefficient (Wildman–Crippen LogP) is 5.00. The van der Waals surface area contributed by atoms with E-state index in [1.165, 1.54) is 0 Å². The van der Waals surface area contributed by atoms with Gasteiger partial charge < -0.3 is 15.4 Å². The van der Waals surface area contributed by atoms with E-state index in [-0.39, 0.29) is 16.6 Å². The largest absolute Gasteiger partial charge is 0.497 e. The molecule has 3 aromatic rings. The van der Waals surface area contributed by atoms with E-state index in [4.69, 9.17) is 16.3 Å². The van der Waals surface area contributed by atoms with Crippen LogP contribution < -0.4 is 20.3 Å². The van der Waals surface area contributed by atoms with Crippen molar-refractivity contribution in [3.8, 4) is 5.75 Å². The van der Waals surface area contributed by atoms with Crippen molar-refractivity contribution in [1.82, 2.24) is 0 Å². The highest BCUT2D eigenvalue weighted by Gasteiger charge is 2.39. The summed E-state index contributed by atoms with van der Waals surface area (Å²) in [5.74, 6) is -0.719. The number of anilines is 3. The van der Waals surface area contributed by atoms with Crippen molar-refractivity contribution < 1.29 is 19.1 Å². The maximum Gasteiger partial charge on any atom is 0.283 e. The van der Waals surface area contributed by atoms with Crippen LogP contribution in [0, 0.1) is 13.8 Å². The van der Waals surface area contributed by atoms with Crippen molar-refractivity contribution in [2.75, 3.05) is 22.6 Å². The Kier molecular flexibility index (Phi) is 6.38. The number of benzene rings is 3. The van der Waals surface area contributed by atoms with Crippen molar-refractivity contribution in [2.45, 2.75) is 13.8 Å². The number of hydrogen-bond acceptors (Lipinski definition) is 5. The van der Waals surface area contributed by atoms with Crippen LogP contribution in [0.4, 0.5) is 17.1 Å². The minimum Gasteiger partial charge on any atom is -0.497 e. The lowest BCUT2D eigenvalue weighted by molar-refractivity contribution is -0.120. The van der Waals surface area contributed by atoms with Gasteiger partial charge in [0, 0.05) is 16.9 Å². The second-order valence-electron chi connectivity index (χ2n) is 7.81. The lowest BCUT2D eigenvalue weighted by Gasteiger charge is -2.18. The Morgan fingerprint density at radius 3 is 2.18 bits per heavy atom. The third kappa shape index (κ3) is 4.51. The third-order valence-electron chi connectivity index (χ3n) is 5.40. The zero-order chi connectivity index (χ0) is 24.4. The van der Waals surface area contributed by atoms with Gasteiger partial charge in [-0.1, -0.05) is 23.7 Å². The van der Waals surface area contributed by atoms with Crippen LogP contribution in [-0.4, -0.2) is 24.8 Å². The zero-order valence-corrected chi connectivity index (χ0v) is 19.6. The molecule has 7 nitrogen and oxygen atoms in total. The van der Waals surface area contributed by atoms with Crippen molar-refractivity contribution >= 4 is 46.4 Å². The van der Waals surface area contributed by atoms with Crippen molar-refractivity contribution in [3.05, 3.63) is 94.1 Å². The maximum absolute atomic E-state index is 13.0.